The van der Waals surface area contributed by atoms with Gasteiger partial charge in [-0.3, -0.25) is 4.79 Å². The van der Waals surface area contributed by atoms with Crippen molar-refractivity contribution in [2.75, 3.05) is 6.54 Å². The molecule has 2 aromatic carbocycles. The van der Waals surface area contributed by atoms with Gasteiger partial charge in [0.1, 0.15) is 0 Å². The minimum Gasteiger partial charge on any atom is -0.390 e. The van der Waals surface area contributed by atoms with Crippen molar-refractivity contribution in [3.05, 3.63) is 71.8 Å². The highest BCUT2D eigenvalue weighted by atomic mass is 16.3. The zero-order valence-electron chi connectivity index (χ0n) is 16.0. The highest BCUT2D eigenvalue weighted by Gasteiger charge is 2.41. The molecule has 0 aromatic heterocycles. The molecule has 3 N–H and O–H groups in total. The van der Waals surface area contributed by atoms with E-state index in [-0.39, 0.29) is 17.5 Å². The molecule has 1 aliphatic rings. The van der Waals surface area contributed by atoms with Gasteiger partial charge in [0.25, 0.3) is 5.91 Å². The lowest BCUT2D eigenvalue weighted by Crippen LogP contribution is -2.50. The summed E-state index contributed by atoms with van der Waals surface area (Å²) in [5, 5.41) is 17.4. The van der Waals surface area contributed by atoms with Gasteiger partial charge in [0.15, 0.2) is 0 Å². The molecule has 1 fully saturated rings. The zero-order valence-corrected chi connectivity index (χ0v) is 16.0. The van der Waals surface area contributed by atoms with Crippen molar-refractivity contribution in [2.45, 2.75) is 56.7 Å². The molecule has 4 nitrogen and oxygen atoms in total. The fourth-order valence-corrected chi connectivity index (χ4v) is 3.60. The predicted octanol–water partition coefficient (Wildman–Crippen LogP) is 3.31. The summed E-state index contributed by atoms with van der Waals surface area (Å²) in [5.41, 5.74) is 1.92. The summed E-state index contributed by atoms with van der Waals surface area (Å²) in [6, 6.07) is 18.8. The number of aliphatic hydroxyl groups excluding tert-OH is 1. The van der Waals surface area contributed by atoms with Gasteiger partial charge in [-0.25, -0.2) is 0 Å². The van der Waals surface area contributed by atoms with E-state index in [1.807, 2.05) is 48.5 Å². The first-order valence-corrected chi connectivity index (χ1v) is 9.95. The molecule has 4 heteroatoms. The predicted molar refractivity (Wildman–Crippen MR) is 109 cm³/mol. The van der Waals surface area contributed by atoms with E-state index in [1.54, 1.807) is 12.1 Å². The molecule has 1 amide bonds. The molecule has 0 aliphatic heterocycles. The number of hydrogen-bond acceptors (Lipinski definition) is 3. The Morgan fingerprint density at radius 2 is 1.70 bits per heavy atom. The third-order valence-electron chi connectivity index (χ3n) is 5.38. The van der Waals surface area contributed by atoms with Gasteiger partial charge in [-0.15, -0.1) is 0 Å². The van der Waals surface area contributed by atoms with E-state index in [2.05, 4.69) is 17.6 Å². The van der Waals surface area contributed by atoms with Crippen LogP contribution in [0.1, 0.15) is 48.5 Å². The quantitative estimate of drug-likeness (QED) is 0.605. The molecule has 27 heavy (non-hydrogen) atoms. The van der Waals surface area contributed by atoms with Crippen LogP contribution in [0.25, 0.3) is 0 Å². The highest BCUT2D eigenvalue weighted by Crippen LogP contribution is 2.39. The molecule has 3 rings (SSSR count). The Kier molecular flexibility index (Phi) is 6.64. The van der Waals surface area contributed by atoms with E-state index in [0.29, 0.717) is 18.5 Å². The smallest absolute Gasteiger partial charge is 0.251 e. The summed E-state index contributed by atoms with van der Waals surface area (Å²) in [7, 11) is 0. The molecular formula is C23H30N2O2. The first kappa shape index (κ1) is 19.6. The summed E-state index contributed by atoms with van der Waals surface area (Å²) in [6.45, 7) is 2.68. The Bertz CT molecular complexity index is 714. The Hall–Kier alpha value is -2.17. The lowest BCUT2D eigenvalue weighted by molar-refractivity contribution is 0.0821. The maximum atomic E-state index is 12.6. The van der Waals surface area contributed by atoms with Crippen molar-refractivity contribution in [3.63, 3.8) is 0 Å². The fourth-order valence-electron chi connectivity index (χ4n) is 3.60. The van der Waals surface area contributed by atoms with Crippen molar-refractivity contribution >= 4 is 5.91 Å². The van der Waals surface area contributed by atoms with Crippen LogP contribution < -0.4 is 10.6 Å². The minimum atomic E-state index is -0.646. The van der Waals surface area contributed by atoms with Crippen molar-refractivity contribution < 1.29 is 9.90 Å². The molecular weight excluding hydrogens is 336 g/mol. The van der Waals surface area contributed by atoms with Gasteiger partial charge in [-0.05, 0) is 43.4 Å². The number of benzene rings is 2. The Morgan fingerprint density at radius 3 is 2.30 bits per heavy atom. The van der Waals surface area contributed by atoms with Crippen molar-refractivity contribution in [2.24, 2.45) is 0 Å². The number of β-amino-alcohol motifs (C(OH)–C–C–N with tert-alkyl or cyclic N) is 1. The monoisotopic (exact) mass is 366 g/mol. The normalized spacial score (nSPS) is 17.1. The van der Waals surface area contributed by atoms with E-state index in [9.17, 15) is 9.90 Å². The van der Waals surface area contributed by atoms with Gasteiger partial charge < -0.3 is 15.7 Å². The van der Waals surface area contributed by atoms with Crippen LogP contribution in [-0.2, 0) is 6.42 Å². The zero-order chi connectivity index (χ0) is 19.1. The van der Waals surface area contributed by atoms with Gasteiger partial charge in [0.05, 0.1) is 12.1 Å². The number of aliphatic hydroxyl groups is 1. The standard InChI is InChI=1S/C23H30N2O2/c1-2-13-23(14-15-23)24-17-21(26)20(16-18-9-5-3-6-10-18)25-22(27)19-11-7-4-8-12-19/h3-12,20-21,24,26H,2,13-17H2,1H3,(H,25,27)/t20-,21-/m0/s1. The van der Waals surface area contributed by atoms with E-state index in [1.165, 1.54) is 12.8 Å². The number of nitrogens with one attached hydrogen (secondary N) is 2. The van der Waals surface area contributed by atoms with E-state index >= 15 is 0 Å². The molecule has 144 valence electrons. The third-order valence-corrected chi connectivity index (χ3v) is 5.38. The first-order valence-electron chi connectivity index (χ1n) is 9.95. The summed E-state index contributed by atoms with van der Waals surface area (Å²) in [5.74, 6) is -0.148. The van der Waals surface area contributed by atoms with Gasteiger partial charge in [0.2, 0.25) is 0 Å². The van der Waals surface area contributed by atoms with E-state index in [4.69, 9.17) is 0 Å². The molecule has 0 unspecified atom stereocenters. The van der Waals surface area contributed by atoms with E-state index in [0.717, 1.165) is 18.4 Å². The highest BCUT2D eigenvalue weighted by molar-refractivity contribution is 5.94. The van der Waals surface area contributed by atoms with Crippen molar-refractivity contribution in [3.8, 4) is 0 Å². The minimum absolute atomic E-state index is 0.148. The second kappa shape index (κ2) is 9.16. The fraction of sp³-hybridized carbons (Fsp3) is 0.435. The molecule has 0 heterocycles. The summed E-state index contributed by atoms with van der Waals surface area (Å²) < 4.78 is 0. The summed E-state index contributed by atoms with van der Waals surface area (Å²) >= 11 is 0. The number of carbonyl (C=O) groups excluding carboxylic acids is 1. The average molecular weight is 367 g/mol. The van der Waals surface area contributed by atoms with Gasteiger partial charge in [-0.2, -0.15) is 0 Å². The van der Waals surface area contributed by atoms with E-state index < -0.39 is 6.10 Å². The second-order valence-corrected chi connectivity index (χ2v) is 7.61. The maximum Gasteiger partial charge on any atom is 0.251 e. The summed E-state index contributed by atoms with van der Waals surface area (Å²) in [6.07, 6.45) is 4.58. The topological polar surface area (TPSA) is 61.4 Å². The van der Waals surface area contributed by atoms with Crippen LogP contribution >= 0.6 is 0 Å². The van der Waals surface area contributed by atoms with Crippen LogP contribution in [0.2, 0.25) is 0 Å². The lowest BCUT2D eigenvalue weighted by Gasteiger charge is -2.27. The third kappa shape index (κ3) is 5.65. The van der Waals surface area contributed by atoms with Gasteiger partial charge in [0, 0.05) is 17.6 Å². The SMILES string of the molecule is CCCC1(NC[C@H](O)[C@H](Cc2ccccc2)NC(=O)c2ccccc2)CC1. The van der Waals surface area contributed by atoms with Gasteiger partial charge in [-0.1, -0.05) is 61.9 Å². The Labute approximate surface area is 162 Å². The van der Waals surface area contributed by atoms with Crippen LogP contribution in [0.4, 0.5) is 0 Å². The van der Waals surface area contributed by atoms with Crippen molar-refractivity contribution in [1.82, 2.24) is 10.6 Å². The molecule has 2 atom stereocenters. The number of carbonyl (C=O) groups is 1. The maximum absolute atomic E-state index is 12.6. The molecule has 0 saturated heterocycles. The van der Waals surface area contributed by atoms with Gasteiger partial charge >= 0.3 is 0 Å². The largest absolute Gasteiger partial charge is 0.390 e. The molecule has 0 spiro atoms. The number of hydrogen-bond donors (Lipinski definition) is 3. The number of rotatable bonds is 10. The van der Waals surface area contributed by atoms with Crippen LogP contribution in [0.3, 0.4) is 0 Å². The van der Waals surface area contributed by atoms with Crippen LogP contribution in [0, 0.1) is 0 Å². The molecule has 1 saturated carbocycles. The van der Waals surface area contributed by atoms with Crippen LogP contribution in [-0.4, -0.2) is 35.2 Å². The van der Waals surface area contributed by atoms with Crippen molar-refractivity contribution in [1.29, 1.82) is 0 Å². The van der Waals surface area contributed by atoms with Crippen LogP contribution in [0.15, 0.2) is 60.7 Å². The molecule has 0 bridgehead atoms. The Balaban J connectivity index is 1.66. The molecule has 2 aromatic rings. The molecule has 1 aliphatic carbocycles. The van der Waals surface area contributed by atoms with Crippen LogP contribution in [0.5, 0.6) is 0 Å². The summed E-state index contributed by atoms with van der Waals surface area (Å²) in [4.78, 5) is 12.6. The molecule has 0 radical (unpaired) electrons. The second-order valence-electron chi connectivity index (χ2n) is 7.61. The Morgan fingerprint density at radius 1 is 1.07 bits per heavy atom. The lowest BCUT2D eigenvalue weighted by atomic mass is 10.00. The number of amides is 1. The first-order chi connectivity index (χ1) is 13.1. The average Bonchev–Trinajstić information content (AvgIpc) is 3.47.